The van der Waals surface area contributed by atoms with Crippen molar-refractivity contribution in [3.8, 4) is 11.3 Å². The average molecular weight is 483 g/mol. The molecule has 0 spiro atoms. The predicted octanol–water partition coefficient (Wildman–Crippen LogP) is 3.30. The molecule has 1 aromatic carbocycles. The van der Waals surface area contributed by atoms with Gasteiger partial charge in [-0.15, -0.1) is 0 Å². The third-order valence-electron chi connectivity index (χ3n) is 6.17. The van der Waals surface area contributed by atoms with Crippen LogP contribution in [0.3, 0.4) is 0 Å². The van der Waals surface area contributed by atoms with Crippen LogP contribution in [0.25, 0.3) is 11.3 Å². The fraction of sp³-hybridized carbons (Fsp3) is 0.375. The minimum atomic E-state index is -2.72. The summed E-state index contributed by atoms with van der Waals surface area (Å²) in [6, 6.07) is 5.36. The monoisotopic (exact) mass is 483 g/mol. The van der Waals surface area contributed by atoms with Gasteiger partial charge in [0.05, 0.1) is 12.8 Å². The average Bonchev–Trinajstić information content (AvgIpc) is 3.58. The number of ether oxygens (including phenoxy) is 1. The SMILES string of the molecule is O=C(NC1CCC(F)(F)CC1)C(c1cncnc1)N(C(=O)C1CO1)c1ccc(-c2cnco2)cc1. The van der Waals surface area contributed by atoms with Crippen LogP contribution in [0.2, 0.25) is 0 Å². The molecule has 35 heavy (non-hydrogen) atoms. The quantitative estimate of drug-likeness (QED) is 0.513. The number of aromatic nitrogens is 3. The van der Waals surface area contributed by atoms with Gasteiger partial charge in [0.2, 0.25) is 11.8 Å². The van der Waals surface area contributed by atoms with Gasteiger partial charge in [-0.3, -0.25) is 14.5 Å². The van der Waals surface area contributed by atoms with Crippen LogP contribution in [0.5, 0.6) is 0 Å². The van der Waals surface area contributed by atoms with Crippen LogP contribution in [0.4, 0.5) is 14.5 Å². The molecule has 1 saturated heterocycles. The molecule has 2 unspecified atom stereocenters. The second-order valence-electron chi connectivity index (χ2n) is 8.66. The van der Waals surface area contributed by atoms with E-state index in [0.29, 0.717) is 17.0 Å². The molecule has 0 bridgehead atoms. The van der Waals surface area contributed by atoms with E-state index in [-0.39, 0.29) is 32.3 Å². The topological polar surface area (TPSA) is 114 Å². The van der Waals surface area contributed by atoms with Crippen LogP contribution in [0, 0.1) is 0 Å². The summed E-state index contributed by atoms with van der Waals surface area (Å²) in [4.78, 5) is 40.2. The van der Waals surface area contributed by atoms with Crippen molar-refractivity contribution in [2.24, 2.45) is 0 Å². The van der Waals surface area contributed by atoms with Crippen molar-refractivity contribution in [2.75, 3.05) is 11.5 Å². The third kappa shape index (κ3) is 5.19. The number of halogens is 2. The van der Waals surface area contributed by atoms with E-state index < -0.39 is 35.9 Å². The molecule has 3 aromatic rings. The number of hydrogen-bond donors (Lipinski definition) is 1. The molecule has 11 heteroatoms. The van der Waals surface area contributed by atoms with Crippen molar-refractivity contribution in [1.82, 2.24) is 20.3 Å². The molecule has 1 N–H and O–H groups in total. The second kappa shape index (κ2) is 9.49. The van der Waals surface area contributed by atoms with E-state index in [1.54, 1.807) is 30.5 Å². The first-order chi connectivity index (χ1) is 16.9. The van der Waals surface area contributed by atoms with E-state index in [2.05, 4.69) is 20.3 Å². The zero-order valence-corrected chi connectivity index (χ0v) is 18.6. The second-order valence-corrected chi connectivity index (χ2v) is 8.66. The number of carbonyl (C=O) groups excluding carboxylic acids is 2. The molecule has 2 atom stereocenters. The summed E-state index contributed by atoms with van der Waals surface area (Å²) in [5.74, 6) is -3.05. The summed E-state index contributed by atoms with van der Waals surface area (Å²) in [6.45, 7) is 0.253. The Morgan fingerprint density at radius 1 is 1.06 bits per heavy atom. The van der Waals surface area contributed by atoms with Gasteiger partial charge >= 0.3 is 0 Å². The summed E-state index contributed by atoms with van der Waals surface area (Å²) >= 11 is 0. The Morgan fingerprint density at radius 2 is 1.74 bits per heavy atom. The van der Waals surface area contributed by atoms with Crippen LogP contribution < -0.4 is 10.2 Å². The lowest BCUT2D eigenvalue weighted by Crippen LogP contribution is -2.49. The molecule has 2 fully saturated rings. The van der Waals surface area contributed by atoms with E-state index >= 15 is 0 Å². The Balaban J connectivity index is 1.47. The highest BCUT2D eigenvalue weighted by Crippen LogP contribution is 2.35. The lowest BCUT2D eigenvalue weighted by Gasteiger charge is -2.34. The van der Waals surface area contributed by atoms with Crippen LogP contribution in [0.15, 0.2) is 60.0 Å². The summed E-state index contributed by atoms with van der Waals surface area (Å²) in [7, 11) is 0. The number of hydrogen-bond acceptors (Lipinski definition) is 7. The highest BCUT2D eigenvalue weighted by atomic mass is 19.3. The molecule has 2 amide bonds. The Morgan fingerprint density at radius 3 is 2.34 bits per heavy atom. The van der Waals surface area contributed by atoms with Crippen molar-refractivity contribution in [1.29, 1.82) is 0 Å². The summed E-state index contributed by atoms with van der Waals surface area (Å²) in [5.41, 5.74) is 1.58. The van der Waals surface area contributed by atoms with Crippen molar-refractivity contribution in [2.45, 2.75) is 49.8 Å². The Hall–Kier alpha value is -3.73. The molecule has 9 nitrogen and oxygen atoms in total. The van der Waals surface area contributed by atoms with E-state index in [1.165, 1.54) is 30.0 Å². The minimum Gasteiger partial charge on any atom is -0.444 e. The zero-order valence-electron chi connectivity index (χ0n) is 18.6. The van der Waals surface area contributed by atoms with Gasteiger partial charge in [-0.25, -0.2) is 23.7 Å². The normalized spacial score (nSPS) is 20.1. The zero-order chi connectivity index (χ0) is 24.4. The van der Waals surface area contributed by atoms with Gasteiger partial charge in [-0.2, -0.15) is 0 Å². The number of nitrogens with one attached hydrogen (secondary N) is 1. The molecular formula is C24H23F2N5O4. The lowest BCUT2D eigenvalue weighted by molar-refractivity contribution is -0.128. The maximum atomic E-state index is 13.6. The molecule has 182 valence electrons. The molecular weight excluding hydrogens is 460 g/mol. The van der Waals surface area contributed by atoms with E-state index in [0.717, 1.165) is 5.56 Å². The van der Waals surface area contributed by atoms with Crippen molar-refractivity contribution in [3.05, 3.63) is 61.1 Å². The number of epoxide rings is 1. The molecule has 0 radical (unpaired) electrons. The van der Waals surface area contributed by atoms with E-state index in [9.17, 15) is 18.4 Å². The first-order valence-corrected chi connectivity index (χ1v) is 11.3. The summed E-state index contributed by atoms with van der Waals surface area (Å²) in [5, 5.41) is 2.87. The number of alkyl halides is 2. The summed E-state index contributed by atoms with van der Waals surface area (Å²) in [6.07, 6.45) is 6.19. The molecule has 3 heterocycles. The van der Waals surface area contributed by atoms with Crippen molar-refractivity contribution >= 4 is 17.5 Å². The maximum absolute atomic E-state index is 13.6. The van der Waals surface area contributed by atoms with Gasteiger partial charge in [0.1, 0.15) is 12.4 Å². The Bertz CT molecular complexity index is 1160. The van der Waals surface area contributed by atoms with Crippen LogP contribution >= 0.6 is 0 Å². The van der Waals surface area contributed by atoms with Gasteiger partial charge in [-0.05, 0) is 37.1 Å². The predicted molar refractivity (Wildman–Crippen MR) is 119 cm³/mol. The van der Waals surface area contributed by atoms with Gasteiger partial charge < -0.3 is 14.5 Å². The van der Waals surface area contributed by atoms with Crippen LogP contribution in [0.1, 0.15) is 37.3 Å². The van der Waals surface area contributed by atoms with Crippen LogP contribution in [-0.4, -0.2) is 51.4 Å². The van der Waals surface area contributed by atoms with Gasteiger partial charge in [0.25, 0.3) is 5.91 Å². The highest BCUT2D eigenvalue weighted by molar-refractivity contribution is 6.04. The number of rotatable bonds is 7. The van der Waals surface area contributed by atoms with Crippen LogP contribution in [-0.2, 0) is 14.3 Å². The van der Waals surface area contributed by atoms with E-state index in [4.69, 9.17) is 9.15 Å². The first kappa shape index (κ1) is 23.0. The minimum absolute atomic E-state index is 0.155. The Labute approximate surface area is 199 Å². The third-order valence-corrected chi connectivity index (χ3v) is 6.17. The molecule has 1 saturated carbocycles. The first-order valence-electron chi connectivity index (χ1n) is 11.3. The fourth-order valence-electron chi connectivity index (χ4n) is 4.23. The number of nitrogens with zero attached hydrogens (tertiary/aromatic N) is 4. The highest BCUT2D eigenvalue weighted by Gasteiger charge is 2.43. The van der Waals surface area contributed by atoms with Gasteiger partial charge in [0, 0.05) is 48.1 Å². The molecule has 5 rings (SSSR count). The largest absolute Gasteiger partial charge is 0.444 e. The molecule has 1 aliphatic heterocycles. The number of anilines is 1. The lowest BCUT2D eigenvalue weighted by atomic mass is 9.92. The van der Waals surface area contributed by atoms with Gasteiger partial charge in [-0.1, -0.05) is 0 Å². The summed E-state index contributed by atoms with van der Waals surface area (Å²) < 4.78 is 37.8. The van der Waals surface area contributed by atoms with Crippen molar-refractivity contribution < 1.29 is 27.5 Å². The van der Waals surface area contributed by atoms with Crippen molar-refractivity contribution in [3.63, 3.8) is 0 Å². The maximum Gasteiger partial charge on any atom is 0.259 e. The standard InChI is InChI=1S/C24H23F2N5O4/c25-24(26)7-5-17(6-8-24)30-22(32)21(16-9-27-13-28-10-16)31(23(33)20-12-34-20)18-3-1-15(2-4-18)19-11-29-14-35-19/h1-4,9-11,13-14,17,20-21H,5-8,12H2,(H,30,32). The fourth-order valence-corrected chi connectivity index (χ4v) is 4.23. The number of benzene rings is 1. The Kier molecular flexibility index (Phi) is 6.25. The smallest absolute Gasteiger partial charge is 0.259 e. The molecule has 2 aliphatic rings. The number of amides is 2. The van der Waals surface area contributed by atoms with Gasteiger partial charge in [0.15, 0.2) is 18.3 Å². The molecule has 2 aromatic heterocycles. The van der Waals surface area contributed by atoms with E-state index in [1.807, 2.05) is 0 Å². The number of carbonyl (C=O) groups is 2. The number of oxazole rings is 1. The molecule has 1 aliphatic carbocycles.